The van der Waals surface area contributed by atoms with Crippen molar-refractivity contribution in [3.8, 4) is 11.5 Å². The van der Waals surface area contributed by atoms with Crippen molar-refractivity contribution < 1.29 is 19.0 Å². The molecule has 0 amide bonds. The first-order valence-electron chi connectivity index (χ1n) is 14.1. The van der Waals surface area contributed by atoms with Crippen LogP contribution in [-0.4, -0.2) is 24.8 Å². The van der Waals surface area contributed by atoms with Gasteiger partial charge in [0, 0.05) is 0 Å². The Morgan fingerprint density at radius 3 is 2.52 bits per heavy atom. The summed E-state index contributed by atoms with van der Waals surface area (Å²) in [6, 6.07) is 26.9. The maximum Gasteiger partial charge on any atom is 0.338 e. The monoisotopic (exact) mass is 668 g/mol. The normalized spacial score (nSPS) is 14.7. The molecular formula is C35H29BrN2O5S. The number of rotatable bonds is 8. The molecule has 0 saturated heterocycles. The molecule has 1 aromatic heterocycles. The first-order chi connectivity index (χ1) is 21.4. The lowest BCUT2D eigenvalue weighted by molar-refractivity contribution is -0.136. The van der Waals surface area contributed by atoms with Gasteiger partial charge in [-0.15, -0.1) is 0 Å². The summed E-state index contributed by atoms with van der Waals surface area (Å²) in [6.07, 6.45) is 2.32. The van der Waals surface area contributed by atoms with Gasteiger partial charge in [-0.2, -0.15) is 0 Å². The molecule has 6 rings (SSSR count). The fraction of sp³-hybridized carbons (Fsp3) is 0.171. The summed E-state index contributed by atoms with van der Waals surface area (Å²) >= 11 is 4.94. The quantitative estimate of drug-likeness (QED) is 0.181. The smallest absolute Gasteiger partial charge is 0.338 e. The SMILES string of the molecule is CCC1=C(C(=O)OC)[C@H](c2ccccc2)n2c(s/c(=C/c3cc(Br)c(OCc4cccc5ccccc45)c(OC)c3)c2=O)=N1. The van der Waals surface area contributed by atoms with Crippen molar-refractivity contribution in [1.82, 2.24) is 4.57 Å². The third-order valence-corrected chi connectivity index (χ3v) is 9.14. The van der Waals surface area contributed by atoms with Crippen LogP contribution in [0, 0.1) is 0 Å². The highest BCUT2D eigenvalue weighted by molar-refractivity contribution is 9.10. The van der Waals surface area contributed by atoms with Crippen LogP contribution in [0.1, 0.15) is 36.1 Å². The molecule has 222 valence electrons. The maximum atomic E-state index is 14.0. The standard InChI is InChI=1S/C35H29BrN2O5S/c1-4-27-30(34(40)42-3)31(23-12-6-5-7-13-23)38-33(39)29(44-35(38)37-27)19-21-17-26(36)32(28(18-21)41-2)43-20-24-15-10-14-22-11-8-9-16-25(22)24/h5-19,31H,4,20H2,1-3H3/b29-19+/t31-/m0/s1. The molecule has 5 aromatic rings. The van der Waals surface area contributed by atoms with E-state index in [1.807, 2.05) is 67.6 Å². The summed E-state index contributed by atoms with van der Waals surface area (Å²) in [6.45, 7) is 2.29. The molecule has 0 radical (unpaired) electrons. The predicted octanol–water partition coefficient (Wildman–Crippen LogP) is 6.30. The van der Waals surface area contributed by atoms with Crippen LogP contribution in [0.4, 0.5) is 0 Å². The summed E-state index contributed by atoms with van der Waals surface area (Å²) in [5.41, 5.74) is 3.35. The minimum absolute atomic E-state index is 0.245. The van der Waals surface area contributed by atoms with Crippen LogP contribution in [0.2, 0.25) is 0 Å². The van der Waals surface area contributed by atoms with Gasteiger partial charge in [-0.1, -0.05) is 91.1 Å². The van der Waals surface area contributed by atoms with Gasteiger partial charge in [-0.05, 0) is 68.0 Å². The average Bonchev–Trinajstić information content (AvgIpc) is 3.36. The number of carbonyl (C=O) groups is 1. The summed E-state index contributed by atoms with van der Waals surface area (Å²) < 4.78 is 19.9. The van der Waals surface area contributed by atoms with Gasteiger partial charge in [-0.3, -0.25) is 9.36 Å². The molecule has 44 heavy (non-hydrogen) atoms. The van der Waals surface area contributed by atoms with Crippen LogP contribution in [0.3, 0.4) is 0 Å². The van der Waals surface area contributed by atoms with Crippen molar-refractivity contribution in [3.05, 3.63) is 137 Å². The van der Waals surface area contributed by atoms with E-state index < -0.39 is 12.0 Å². The zero-order valence-corrected chi connectivity index (χ0v) is 26.8. The largest absolute Gasteiger partial charge is 0.493 e. The van der Waals surface area contributed by atoms with Crippen molar-refractivity contribution in [3.63, 3.8) is 0 Å². The van der Waals surface area contributed by atoms with E-state index >= 15 is 0 Å². The van der Waals surface area contributed by atoms with Gasteiger partial charge in [0.15, 0.2) is 16.3 Å². The van der Waals surface area contributed by atoms with E-state index in [1.165, 1.54) is 18.4 Å². The highest BCUT2D eigenvalue weighted by Crippen LogP contribution is 2.38. The Hall–Kier alpha value is -4.47. The number of hydrogen-bond donors (Lipinski definition) is 0. The molecular weight excluding hydrogens is 640 g/mol. The van der Waals surface area contributed by atoms with E-state index in [0.717, 1.165) is 27.5 Å². The third-order valence-electron chi connectivity index (χ3n) is 7.57. The van der Waals surface area contributed by atoms with Crippen molar-refractivity contribution >= 4 is 50.1 Å². The fourth-order valence-electron chi connectivity index (χ4n) is 5.50. The van der Waals surface area contributed by atoms with Crippen molar-refractivity contribution in [2.75, 3.05) is 14.2 Å². The number of allylic oxidation sites excluding steroid dienone is 1. The van der Waals surface area contributed by atoms with E-state index in [4.69, 9.17) is 19.2 Å². The lowest BCUT2D eigenvalue weighted by Crippen LogP contribution is -2.40. The fourth-order valence-corrected chi connectivity index (χ4v) is 7.09. The van der Waals surface area contributed by atoms with E-state index in [1.54, 1.807) is 17.8 Å². The molecule has 0 spiro atoms. The molecule has 1 aliphatic heterocycles. The molecule has 7 nitrogen and oxygen atoms in total. The summed E-state index contributed by atoms with van der Waals surface area (Å²) in [4.78, 5) is 32.2. The van der Waals surface area contributed by atoms with Gasteiger partial charge in [-0.25, -0.2) is 9.79 Å². The molecule has 0 aliphatic carbocycles. The second kappa shape index (κ2) is 12.6. The second-order valence-corrected chi connectivity index (χ2v) is 12.0. The molecule has 1 aliphatic rings. The lowest BCUT2D eigenvalue weighted by Gasteiger charge is -2.25. The van der Waals surface area contributed by atoms with Gasteiger partial charge >= 0.3 is 5.97 Å². The number of nitrogens with zero attached hydrogens (tertiary/aromatic N) is 2. The molecule has 0 saturated carbocycles. The van der Waals surface area contributed by atoms with Gasteiger partial charge in [0.2, 0.25) is 0 Å². The molecule has 0 fully saturated rings. The molecule has 1 atom stereocenters. The molecule has 0 N–H and O–H groups in total. The Morgan fingerprint density at radius 2 is 1.77 bits per heavy atom. The van der Waals surface area contributed by atoms with Gasteiger partial charge in [0.1, 0.15) is 6.61 Å². The predicted molar refractivity (Wildman–Crippen MR) is 176 cm³/mol. The summed E-state index contributed by atoms with van der Waals surface area (Å²) in [7, 11) is 2.93. The van der Waals surface area contributed by atoms with Crippen LogP contribution in [0.25, 0.3) is 16.8 Å². The van der Waals surface area contributed by atoms with Gasteiger partial charge in [0.25, 0.3) is 5.56 Å². The van der Waals surface area contributed by atoms with Crippen LogP contribution in [0.5, 0.6) is 11.5 Å². The van der Waals surface area contributed by atoms with Crippen molar-refractivity contribution in [2.45, 2.75) is 26.0 Å². The maximum absolute atomic E-state index is 14.0. The first kappa shape index (κ1) is 29.6. The minimum Gasteiger partial charge on any atom is -0.493 e. The molecule has 4 aromatic carbocycles. The van der Waals surface area contributed by atoms with Crippen LogP contribution in [0.15, 0.2) is 110 Å². The highest BCUT2D eigenvalue weighted by atomic mass is 79.9. The van der Waals surface area contributed by atoms with Gasteiger partial charge < -0.3 is 14.2 Å². The zero-order chi connectivity index (χ0) is 30.8. The first-order valence-corrected chi connectivity index (χ1v) is 15.7. The number of ether oxygens (including phenoxy) is 3. The van der Waals surface area contributed by atoms with Crippen LogP contribution in [-0.2, 0) is 16.1 Å². The van der Waals surface area contributed by atoms with E-state index in [9.17, 15) is 9.59 Å². The zero-order valence-electron chi connectivity index (χ0n) is 24.4. The average molecular weight is 670 g/mol. The molecule has 0 unspecified atom stereocenters. The minimum atomic E-state index is -0.650. The molecule has 2 heterocycles. The topological polar surface area (TPSA) is 79.1 Å². The number of methoxy groups -OCH3 is 2. The van der Waals surface area contributed by atoms with E-state index in [0.29, 0.717) is 49.6 Å². The number of hydrogen-bond acceptors (Lipinski definition) is 7. The Kier molecular flexibility index (Phi) is 8.50. The molecule has 9 heteroatoms. The van der Waals surface area contributed by atoms with Crippen LogP contribution < -0.4 is 24.4 Å². The van der Waals surface area contributed by atoms with Crippen LogP contribution >= 0.6 is 27.3 Å². The highest BCUT2D eigenvalue weighted by Gasteiger charge is 2.33. The van der Waals surface area contributed by atoms with Crippen molar-refractivity contribution in [2.24, 2.45) is 4.99 Å². The number of fused-ring (bicyclic) bond motifs is 2. The Morgan fingerprint density at radius 1 is 1.02 bits per heavy atom. The number of benzene rings is 4. The van der Waals surface area contributed by atoms with Gasteiger partial charge in [0.05, 0.1) is 40.5 Å². The second-order valence-electron chi connectivity index (χ2n) is 10.2. The third kappa shape index (κ3) is 5.49. The Balaban J connectivity index is 1.40. The lowest BCUT2D eigenvalue weighted by atomic mass is 9.95. The van der Waals surface area contributed by atoms with E-state index in [2.05, 4.69) is 40.2 Å². The summed E-state index contributed by atoms with van der Waals surface area (Å²) in [5.74, 6) is 0.599. The van der Waals surface area contributed by atoms with Crippen molar-refractivity contribution in [1.29, 1.82) is 0 Å². The number of carbonyl (C=O) groups excluding carboxylic acids is 1. The Bertz CT molecular complexity index is 2090. The number of halogens is 1. The summed E-state index contributed by atoms with van der Waals surface area (Å²) in [5, 5.41) is 2.28. The number of aromatic nitrogens is 1. The number of thiazole rings is 1. The molecule has 0 bridgehead atoms. The number of esters is 1. The van der Waals surface area contributed by atoms with E-state index in [-0.39, 0.29) is 5.56 Å². The Labute approximate surface area is 266 Å².